The Morgan fingerprint density at radius 3 is 2.62 bits per heavy atom. The highest BCUT2D eigenvalue weighted by molar-refractivity contribution is 9.11. The third-order valence-corrected chi connectivity index (χ3v) is 7.36. The van der Waals surface area contributed by atoms with Crippen LogP contribution in [0.3, 0.4) is 0 Å². The summed E-state index contributed by atoms with van der Waals surface area (Å²) in [6, 6.07) is 1.53. The first-order valence-electron chi connectivity index (χ1n) is 4.56. The second-order valence-electron chi connectivity index (χ2n) is 3.52. The summed E-state index contributed by atoms with van der Waals surface area (Å²) in [4.78, 5) is 0. The molecule has 2 rings (SSSR count). The van der Waals surface area contributed by atoms with E-state index < -0.39 is 10.0 Å². The monoisotopic (exact) mass is 344 g/mol. The number of thiophene rings is 1. The smallest absolute Gasteiger partial charge is 0.252 e. The Labute approximate surface area is 112 Å². The molecule has 1 N–H and O–H groups in total. The van der Waals surface area contributed by atoms with Gasteiger partial charge in [-0.15, -0.1) is 11.3 Å². The van der Waals surface area contributed by atoms with E-state index in [2.05, 4.69) is 21.2 Å². The van der Waals surface area contributed by atoms with Gasteiger partial charge >= 0.3 is 0 Å². The molecule has 0 aliphatic carbocycles. The van der Waals surface area contributed by atoms with Gasteiger partial charge in [-0.1, -0.05) is 11.6 Å². The molecule has 0 saturated carbocycles. The molecular formula is C8H10BrClN2O2S2. The minimum absolute atomic E-state index is 0.0460. The van der Waals surface area contributed by atoms with Gasteiger partial charge in [-0.3, -0.25) is 0 Å². The lowest BCUT2D eigenvalue weighted by Crippen LogP contribution is -2.57. The summed E-state index contributed by atoms with van der Waals surface area (Å²) in [6.45, 7) is 1.41. The Hall–Kier alpha value is 0.340. The molecule has 0 bridgehead atoms. The van der Waals surface area contributed by atoms with E-state index in [4.69, 9.17) is 11.6 Å². The fraction of sp³-hybridized carbons (Fsp3) is 0.500. The molecule has 1 aliphatic heterocycles. The van der Waals surface area contributed by atoms with Crippen LogP contribution in [0.4, 0.5) is 0 Å². The molecule has 1 aromatic heterocycles. The van der Waals surface area contributed by atoms with Crippen molar-refractivity contribution < 1.29 is 8.42 Å². The summed E-state index contributed by atoms with van der Waals surface area (Å²) in [5.74, 6) is 0. The molecule has 4 nitrogen and oxygen atoms in total. The van der Waals surface area contributed by atoms with Crippen molar-refractivity contribution >= 4 is 48.9 Å². The molecule has 0 radical (unpaired) electrons. The predicted molar refractivity (Wildman–Crippen MR) is 68.6 cm³/mol. The summed E-state index contributed by atoms with van der Waals surface area (Å²) < 4.78 is 26.6. The first-order chi connectivity index (χ1) is 7.43. The zero-order chi connectivity index (χ0) is 11.9. The zero-order valence-corrected chi connectivity index (χ0v) is 12.4. The van der Waals surface area contributed by atoms with Crippen molar-refractivity contribution in [3.63, 3.8) is 0 Å². The third-order valence-electron chi connectivity index (χ3n) is 2.53. The standard InChI is InChI=1S/C8H10BrClN2O2S2/c1-12(5-3-11-4-5)16(13,14)7-2-6(10)8(9)15-7/h2,5,11H,3-4H2,1H3. The first kappa shape index (κ1) is 12.8. The second kappa shape index (κ2) is 4.55. The van der Waals surface area contributed by atoms with Crippen LogP contribution in [0.2, 0.25) is 5.02 Å². The Balaban J connectivity index is 2.30. The summed E-state index contributed by atoms with van der Waals surface area (Å²) in [7, 11) is -1.80. The average molecular weight is 346 g/mol. The Morgan fingerprint density at radius 2 is 2.25 bits per heavy atom. The number of nitrogens with zero attached hydrogens (tertiary/aromatic N) is 1. The van der Waals surface area contributed by atoms with E-state index in [9.17, 15) is 8.42 Å². The van der Waals surface area contributed by atoms with Crippen LogP contribution in [-0.2, 0) is 10.0 Å². The van der Waals surface area contributed by atoms with E-state index >= 15 is 0 Å². The van der Waals surface area contributed by atoms with Crippen LogP contribution in [0.5, 0.6) is 0 Å². The molecule has 1 aromatic rings. The summed E-state index contributed by atoms with van der Waals surface area (Å²) in [5, 5.41) is 3.48. The highest BCUT2D eigenvalue weighted by Crippen LogP contribution is 2.36. The van der Waals surface area contributed by atoms with Crippen LogP contribution in [0.1, 0.15) is 0 Å². The van der Waals surface area contributed by atoms with Gasteiger partial charge in [-0.2, -0.15) is 4.31 Å². The maximum Gasteiger partial charge on any atom is 0.252 e. The highest BCUT2D eigenvalue weighted by Gasteiger charge is 2.33. The Kier molecular flexibility index (Phi) is 3.63. The molecule has 8 heteroatoms. The van der Waals surface area contributed by atoms with Gasteiger partial charge in [0.05, 0.1) is 8.81 Å². The quantitative estimate of drug-likeness (QED) is 0.908. The van der Waals surface area contributed by atoms with E-state index in [1.165, 1.54) is 10.4 Å². The van der Waals surface area contributed by atoms with Gasteiger partial charge in [0.15, 0.2) is 0 Å². The van der Waals surface area contributed by atoms with E-state index in [0.29, 0.717) is 21.9 Å². The lowest BCUT2D eigenvalue weighted by atomic mass is 10.2. The number of hydrogen-bond acceptors (Lipinski definition) is 4. The molecule has 0 amide bonds. The van der Waals surface area contributed by atoms with Crippen LogP contribution < -0.4 is 5.32 Å². The van der Waals surface area contributed by atoms with E-state index in [1.54, 1.807) is 7.05 Å². The normalized spacial score (nSPS) is 17.8. The van der Waals surface area contributed by atoms with Crippen molar-refractivity contribution in [1.82, 2.24) is 9.62 Å². The molecule has 1 saturated heterocycles. The first-order valence-corrected chi connectivity index (χ1v) is 7.99. The Bertz CT molecular complexity index is 479. The van der Waals surface area contributed by atoms with Crippen molar-refractivity contribution in [2.24, 2.45) is 0 Å². The minimum atomic E-state index is -3.40. The predicted octanol–water partition coefficient (Wildman–Crippen LogP) is 1.76. The lowest BCUT2D eigenvalue weighted by Gasteiger charge is -2.34. The van der Waals surface area contributed by atoms with Crippen molar-refractivity contribution in [2.75, 3.05) is 20.1 Å². The second-order valence-corrected chi connectivity index (χ2v) is 8.52. The van der Waals surface area contributed by atoms with Crippen molar-refractivity contribution in [3.05, 3.63) is 14.9 Å². The summed E-state index contributed by atoms with van der Waals surface area (Å²) in [5.41, 5.74) is 0. The molecule has 0 aromatic carbocycles. The van der Waals surface area contributed by atoms with Gasteiger partial charge in [0, 0.05) is 26.2 Å². The Morgan fingerprint density at radius 1 is 1.62 bits per heavy atom. The molecule has 1 aliphatic rings. The fourth-order valence-electron chi connectivity index (χ4n) is 1.32. The van der Waals surface area contributed by atoms with Crippen LogP contribution in [0.25, 0.3) is 0 Å². The maximum absolute atomic E-state index is 12.2. The molecule has 0 spiro atoms. The fourth-order valence-corrected chi connectivity index (χ4v) is 5.26. The van der Waals surface area contributed by atoms with Gasteiger partial charge in [0.1, 0.15) is 4.21 Å². The van der Waals surface area contributed by atoms with Crippen LogP contribution >= 0.6 is 38.9 Å². The molecule has 16 heavy (non-hydrogen) atoms. The summed E-state index contributed by atoms with van der Waals surface area (Å²) in [6.07, 6.45) is 0. The van der Waals surface area contributed by atoms with Crippen molar-refractivity contribution in [1.29, 1.82) is 0 Å². The molecule has 2 heterocycles. The molecule has 1 fully saturated rings. The van der Waals surface area contributed by atoms with Crippen molar-refractivity contribution in [2.45, 2.75) is 10.3 Å². The maximum atomic E-state index is 12.2. The molecule has 90 valence electrons. The average Bonchev–Trinajstić information content (AvgIpc) is 2.44. The van der Waals surface area contributed by atoms with Crippen molar-refractivity contribution in [3.8, 4) is 0 Å². The number of rotatable bonds is 3. The van der Waals surface area contributed by atoms with Crippen LogP contribution in [0, 0.1) is 0 Å². The topological polar surface area (TPSA) is 49.4 Å². The minimum Gasteiger partial charge on any atom is -0.313 e. The largest absolute Gasteiger partial charge is 0.313 e. The SMILES string of the molecule is CN(C1CNC1)S(=O)(=O)c1cc(Cl)c(Br)s1. The number of sulfonamides is 1. The van der Waals surface area contributed by atoms with Gasteiger partial charge in [0.2, 0.25) is 0 Å². The number of nitrogens with one attached hydrogen (secondary N) is 1. The zero-order valence-electron chi connectivity index (χ0n) is 8.41. The highest BCUT2D eigenvalue weighted by atomic mass is 79.9. The molecular weight excluding hydrogens is 336 g/mol. The molecule has 0 unspecified atom stereocenters. The van der Waals surface area contributed by atoms with Gasteiger partial charge < -0.3 is 5.32 Å². The number of halogens is 2. The number of likely N-dealkylation sites (N-methyl/N-ethyl adjacent to an activating group) is 1. The van der Waals surface area contributed by atoms with Crippen LogP contribution in [0.15, 0.2) is 14.1 Å². The van der Waals surface area contributed by atoms with E-state index in [-0.39, 0.29) is 10.3 Å². The van der Waals surface area contributed by atoms with Gasteiger partial charge in [-0.25, -0.2) is 8.42 Å². The lowest BCUT2D eigenvalue weighted by molar-refractivity contribution is 0.274. The third kappa shape index (κ3) is 2.16. The number of hydrogen-bond donors (Lipinski definition) is 1. The van der Waals surface area contributed by atoms with Gasteiger partial charge in [-0.05, 0) is 22.0 Å². The van der Waals surface area contributed by atoms with E-state index in [0.717, 1.165) is 11.3 Å². The molecule has 0 atom stereocenters. The van der Waals surface area contributed by atoms with Gasteiger partial charge in [0.25, 0.3) is 10.0 Å². The summed E-state index contributed by atoms with van der Waals surface area (Å²) >= 11 is 10.2. The van der Waals surface area contributed by atoms with Crippen LogP contribution in [-0.4, -0.2) is 38.9 Å². The van der Waals surface area contributed by atoms with E-state index in [1.807, 2.05) is 0 Å².